The third kappa shape index (κ3) is 2.95. The number of carbonyl (C=O) groups excluding carboxylic acids is 2. The predicted molar refractivity (Wildman–Crippen MR) is 111 cm³/mol. The first-order valence-electron chi connectivity index (χ1n) is 9.61. The topological polar surface area (TPSA) is 129 Å². The number of hydrogen-bond donors (Lipinski definition) is 3. The van der Waals surface area contributed by atoms with E-state index in [1.165, 1.54) is 16.2 Å². The van der Waals surface area contributed by atoms with Crippen molar-refractivity contribution >= 4 is 51.3 Å². The fourth-order valence-electron chi connectivity index (χ4n) is 4.51. The monoisotopic (exact) mass is 451 g/mol. The maximum absolute atomic E-state index is 12.5. The molecule has 0 aliphatic carbocycles. The summed E-state index contributed by atoms with van der Waals surface area (Å²) in [6.07, 6.45) is 2.77. The lowest BCUT2D eigenvalue weighted by molar-refractivity contribution is -0.717. The number of nitrogens with two attached hydrogens (primary N) is 1. The van der Waals surface area contributed by atoms with E-state index in [2.05, 4.69) is 0 Å². The molecule has 2 aromatic heterocycles. The Morgan fingerprint density at radius 3 is 2.70 bits per heavy atom. The van der Waals surface area contributed by atoms with E-state index in [1.54, 1.807) is 29.6 Å². The summed E-state index contributed by atoms with van der Waals surface area (Å²) in [6.45, 7) is 5.53. The summed E-state index contributed by atoms with van der Waals surface area (Å²) in [7, 11) is 0. The molecular weight excluding hydrogens is 428 g/mol. The number of nitrogens with zero attached hydrogens (tertiary/aromatic N) is 3. The van der Waals surface area contributed by atoms with Gasteiger partial charge in [0.1, 0.15) is 11.9 Å². The van der Waals surface area contributed by atoms with Gasteiger partial charge in [-0.3, -0.25) is 9.59 Å². The molecule has 4 rings (SSSR count). The van der Waals surface area contributed by atoms with Crippen molar-refractivity contribution in [1.82, 2.24) is 9.30 Å². The minimum Gasteiger partial charge on any atom is -0.477 e. The van der Waals surface area contributed by atoms with E-state index in [9.17, 15) is 24.6 Å². The van der Waals surface area contributed by atoms with Gasteiger partial charge < -0.3 is 20.8 Å². The van der Waals surface area contributed by atoms with Gasteiger partial charge in [0.05, 0.1) is 22.9 Å². The second-order valence-corrected chi connectivity index (χ2v) is 9.86. The molecule has 2 aliphatic rings. The molecule has 160 valence electrons. The largest absolute Gasteiger partial charge is 0.477 e. The number of imidazole rings is 1. The van der Waals surface area contributed by atoms with Crippen LogP contribution in [0.2, 0.25) is 0 Å². The lowest BCUT2D eigenvalue weighted by Gasteiger charge is -2.46. The van der Waals surface area contributed by atoms with E-state index in [0.717, 1.165) is 20.5 Å². The van der Waals surface area contributed by atoms with Crippen molar-refractivity contribution < 1.29 is 29.2 Å². The van der Waals surface area contributed by atoms with Crippen molar-refractivity contribution in [3.05, 3.63) is 23.1 Å². The average molecular weight is 452 g/mol. The van der Waals surface area contributed by atoms with E-state index >= 15 is 0 Å². The van der Waals surface area contributed by atoms with Gasteiger partial charge in [-0.25, -0.2) is 9.36 Å². The van der Waals surface area contributed by atoms with Crippen molar-refractivity contribution in [2.24, 2.45) is 17.6 Å². The molecule has 0 saturated carbocycles. The SMILES string of the molecule is CCSc1c2sc(C3=C(C(=O)O)N4C(=O)[C@H]([C@@H](C)O)[C@H]4[C@H]3C)cn2c[n+]1CC(N)=O. The summed E-state index contributed by atoms with van der Waals surface area (Å²) in [5.41, 5.74) is 5.96. The van der Waals surface area contributed by atoms with Crippen LogP contribution >= 0.6 is 23.1 Å². The standard InChI is InChI=1S/C19H22N4O5S2/c1-4-29-17-18-21(7-22(17)6-11(20)25)5-10(30-18)12-8(2)14-13(9(3)24)16(26)23(14)15(12)19(27)28/h5,7-9,13-14,24H,4,6H2,1-3H3,(H2-,20,25,27,28)/p+1/t8-,9+,13+,14+/m0/s1. The van der Waals surface area contributed by atoms with Crippen molar-refractivity contribution in [2.45, 2.75) is 44.5 Å². The summed E-state index contributed by atoms with van der Waals surface area (Å²) >= 11 is 3.00. The highest BCUT2D eigenvalue weighted by molar-refractivity contribution is 7.99. The molecule has 9 nitrogen and oxygen atoms in total. The third-order valence-corrected chi connectivity index (χ3v) is 7.91. The quantitative estimate of drug-likeness (QED) is 0.320. The van der Waals surface area contributed by atoms with Crippen LogP contribution < -0.4 is 10.3 Å². The fraction of sp³-hybridized carbons (Fsp3) is 0.474. The van der Waals surface area contributed by atoms with Crippen LogP contribution in [0.4, 0.5) is 0 Å². The lowest BCUT2D eigenvalue weighted by Crippen LogP contribution is -2.63. The second-order valence-electron chi connectivity index (χ2n) is 7.58. The molecule has 0 spiro atoms. The molecule has 0 unspecified atom stereocenters. The molecule has 2 amide bonds. The Hall–Kier alpha value is -2.37. The number of primary amides is 1. The van der Waals surface area contributed by atoms with E-state index in [-0.39, 0.29) is 30.1 Å². The molecule has 4 heterocycles. The minimum absolute atomic E-state index is 0.00592. The summed E-state index contributed by atoms with van der Waals surface area (Å²) in [6, 6.07) is -0.357. The first kappa shape index (κ1) is 20.9. The molecule has 30 heavy (non-hydrogen) atoms. The number of β-lactam (4-membered cyclic amide) rings is 1. The van der Waals surface area contributed by atoms with Crippen LogP contribution in [0.15, 0.2) is 23.2 Å². The number of carbonyl (C=O) groups is 3. The molecule has 0 bridgehead atoms. The first-order chi connectivity index (χ1) is 14.2. The van der Waals surface area contributed by atoms with Gasteiger partial charge in [0.25, 0.3) is 12.2 Å². The number of aliphatic carboxylic acids is 1. The summed E-state index contributed by atoms with van der Waals surface area (Å²) in [5.74, 6) is -1.96. The molecule has 0 aromatic carbocycles. The lowest BCUT2D eigenvalue weighted by atomic mass is 9.77. The van der Waals surface area contributed by atoms with Crippen molar-refractivity contribution in [1.29, 1.82) is 0 Å². The molecule has 2 aliphatic heterocycles. The van der Waals surface area contributed by atoms with Crippen molar-refractivity contribution in [3.8, 4) is 0 Å². The summed E-state index contributed by atoms with van der Waals surface area (Å²) < 4.78 is 3.65. The van der Waals surface area contributed by atoms with Crippen molar-refractivity contribution in [3.63, 3.8) is 0 Å². The van der Waals surface area contributed by atoms with Crippen LogP contribution in [-0.2, 0) is 20.9 Å². The van der Waals surface area contributed by atoms with E-state index in [4.69, 9.17) is 5.73 Å². The molecule has 4 N–H and O–H groups in total. The highest BCUT2D eigenvalue weighted by atomic mass is 32.2. The Morgan fingerprint density at radius 2 is 2.13 bits per heavy atom. The molecule has 0 radical (unpaired) electrons. The summed E-state index contributed by atoms with van der Waals surface area (Å²) in [4.78, 5) is 39.0. The Morgan fingerprint density at radius 1 is 1.43 bits per heavy atom. The van der Waals surface area contributed by atoms with Crippen LogP contribution in [0, 0.1) is 11.8 Å². The molecule has 4 atom stereocenters. The molecular formula is C19H23N4O5S2+. The average Bonchev–Trinajstić information content (AvgIpc) is 3.24. The van der Waals surface area contributed by atoms with Gasteiger partial charge in [-0.1, -0.05) is 36.9 Å². The molecule has 2 aromatic rings. The van der Waals surface area contributed by atoms with Gasteiger partial charge in [-0.2, -0.15) is 4.40 Å². The number of hydrogen-bond acceptors (Lipinski definition) is 6. The van der Waals surface area contributed by atoms with Gasteiger partial charge in [0.15, 0.2) is 6.54 Å². The normalized spacial score (nSPS) is 24.3. The number of thioether (sulfide) groups is 1. The van der Waals surface area contributed by atoms with E-state index in [0.29, 0.717) is 5.57 Å². The number of amides is 2. The number of thiazole rings is 1. The van der Waals surface area contributed by atoms with Crippen molar-refractivity contribution in [2.75, 3.05) is 5.75 Å². The Kier molecular flexibility index (Phi) is 5.15. The summed E-state index contributed by atoms with van der Waals surface area (Å²) in [5, 5.41) is 20.8. The number of aromatic nitrogens is 2. The van der Waals surface area contributed by atoms with E-state index in [1.807, 2.05) is 24.4 Å². The number of fused-ring (bicyclic) bond motifs is 2. The minimum atomic E-state index is -1.15. The molecule has 1 fully saturated rings. The highest BCUT2D eigenvalue weighted by Gasteiger charge is 2.60. The van der Waals surface area contributed by atoms with E-state index < -0.39 is 23.9 Å². The number of aliphatic hydroxyl groups excluding tert-OH is 1. The number of aliphatic hydroxyl groups is 1. The molecule has 11 heteroatoms. The second kappa shape index (κ2) is 7.40. The van der Waals surface area contributed by atoms with Crippen LogP contribution in [0.25, 0.3) is 10.4 Å². The fourth-order valence-corrected chi connectivity index (χ4v) is 6.77. The molecule has 1 saturated heterocycles. The smallest absolute Gasteiger partial charge is 0.352 e. The van der Waals surface area contributed by atoms with Gasteiger partial charge in [0, 0.05) is 11.5 Å². The zero-order chi connectivity index (χ0) is 21.9. The zero-order valence-electron chi connectivity index (χ0n) is 16.7. The Labute approximate surface area is 180 Å². The van der Waals surface area contributed by atoms with Crippen LogP contribution in [0.5, 0.6) is 0 Å². The number of carboxylic acid groups (broad SMARTS) is 1. The Bertz CT molecular complexity index is 1100. The number of carboxylic acids is 1. The van der Waals surface area contributed by atoms with Gasteiger partial charge in [-0.15, -0.1) is 0 Å². The van der Waals surface area contributed by atoms with Crippen LogP contribution in [-0.4, -0.2) is 55.2 Å². The first-order valence-corrected chi connectivity index (χ1v) is 11.4. The third-order valence-electron chi connectivity index (χ3n) is 5.65. The number of rotatable bonds is 7. The predicted octanol–water partition coefficient (Wildman–Crippen LogP) is 0.539. The van der Waals surface area contributed by atoms with Gasteiger partial charge in [-0.05, 0) is 12.7 Å². The van der Waals surface area contributed by atoms with Gasteiger partial charge >= 0.3 is 5.97 Å². The Balaban J connectivity index is 1.82. The van der Waals surface area contributed by atoms with Crippen LogP contribution in [0.3, 0.4) is 0 Å². The van der Waals surface area contributed by atoms with Crippen LogP contribution in [0.1, 0.15) is 25.6 Å². The van der Waals surface area contributed by atoms with Gasteiger partial charge in [0.2, 0.25) is 15.8 Å². The maximum atomic E-state index is 12.5. The zero-order valence-corrected chi connectivity index (χ0v) is 18.4. The highest BCUT2D eigenvalue weighted by Crippen LogP contribution is 2.51. The maximum Gasteiger partial charge on any atom is 0.352 e.